The summed E-state index contributed by atoms with van der Waals surface area (Å²) in [5.74, 6) is -0.619. The van der Waals surface area contributed by atoms with Crippen molar-refractivity contribution in [2.24, 2.45) is 5.73 Å². The highest BCUT2D eigenvalue weighted by molar-refractivity contribution is 7.92. The van der Waals surface area contributed by atoms with Crippen LogP contribution in [0.3, 0.4) is 0 Å². The lowest BCUT2D eigenvalue weighted by atomic mass is 10.1. The SMILES string of the molecule is C[C@H]1[C@@H](CN)Oc2ccc(CC(=O)OC(C)(C)C)cc2N1S(=O)(=O)c1ccc(F)cc1. The third kappa shape index (κ3) is 4.99. The van der Waals surface area contributed by atoms with Gasteiger partial charge in [-0.25, -0.2) is 12.8 Å². The number of carbonyl (C=O) groups is 1. The monoisotopic (exact) mass is 450 g/mol. The van der Waals surface area contributed by atoms with Crippen molar-refractivity contribution < 1.29 is 27.1 Å². The fourth-order valence-electron chi connectivity index (χ4n) is 3.43. The van der Waals surface area contributed by atoms with Crippen LogP contribution in [0.25, 0.3) is 0 Å². The number of nitrogens with two attached hydrogens (primary N) is 1. The van der Waals surface area contributed by atoms with Crippen molar-refractivity contribution >= 4 is 21.7 Å². The zero-order chi connectivity index (χ0) is 23.0. The third-order valence-corrected chi connectivity index (χ3v) is 6.73. The van der Waals surface area contributed by atoms with Gasteiger partial charge in [-0.2, -0.15) is 0 Å². The molecule has 2 N–H and O–H groups in total. The molecular formula is C22H27FN2O5S. The molecule has 0 aromatic heterocycles. The van der Waals surface area contributed by atoms with Crippen LogP contribution in [-0.4, -0.2) is 38.7 Å². The second kappa shape index (κ2) is 8.47. The first kappa shape index (κ1) is 23.0. The van der Waals surface area contributed by atoms with Crippen LogP contribution in [0.1, 0.15) is 33.3 Å². The molecule has 2 atom stereocenters. The van der Waals surface area contributed by atoms with Crippen LogP contribution in [0.2, 0.25) is 0 Å². The molecule has 0 saturated heterocycles. The minimum absolute atomic E-state index is 0.0241. The first-order valence-electron chi connectivity index (χ1n) is 9.94. The van der Waals surface area contributed by atoms with Crippen molar-refractivity contribution in [1.29, 1.82) is 0 Å². The summed E-state index contributed by atoms with van der Waals surface area (Å²) in [6.45, 7) is 7.13. The normalized spacial score (nSPS) is 18.8. The molecule has 0 amide bonds. The molecule has 1 aliphatic rings. The lowest BCUT2D eigenvalue weighted by molar-refractivity contribution is -0.153. The maximum Gasteiger partial charge on any atom is 0.310 e. The highest BCUT2D eigenvalue weighted by Gasteiger charge is 2.40. The quantitative estimate of drug-likeness (QED) is 0.703. The van der Waals surface area contributed by atoms with Crippen molar-refractivity contribution in [3.05, 3.63) is 53.8 Å². The molecular weight excluding hydrogens is 423 g/mol. The highest BCUT2D eigenvalue weighted by atomic mass is 32.2. The third-order valence-electron chi connectivity index (χ3n) is 4.82. The summed E-state index contributed by atoms with van der Waals surface area (Å²) >= 11 is 0. The number of fused-ring (bicyclic) bond motifs is 1. The van der Waals surface area contributed by atoms with E-state index in [2.05, 4.69) is 0 Å². The molecule has 1 aliphatic heterocycles. The Hall–Kier alpha value is -2.65. The Balaban J connectivity index is 2.04. The molecule has 0 aliphatic carbocycles. The summed E-state index contributed by atoms with van der Waals surface area (Å²) in [4.78, 5) is 12.2. The lowest BCUT2D eigenvalue weighted by Gasteiger charge is -2.40. The van der Waals surface area contributed by atoms with Gasteiger partial charge in [0.2, 0.25) is 0 Å². The molecule has 9 heteroatoms. The van der Waals surface area contributed by atoms with Gasteiger partial charge in [-0.05, 0) is 69.7 Å². The Bertz CT molecular complexity index is 1060. The van der Waals surface area contributed by atoms with Crippen molar-refractivity contribution in [2.75, 3.05) is 10.8 Å². The molecule has 0 saturated carbocycles. The Kier molecular flexibility index (Phi) is 6.29. The van der Waals surface area contributed by atoms with E-state index in [1.807, 2.05) is 0 Å². The molecule has 7 nitrogen and oxygen atoms in total. The summed E-state index contributed by atoms with van der Waals surface area (Å²) in [5.41, 5.74) is 6.05. The highest BCUT2D eigenvalue weighted by Crippen LogP contribution is 2.40. The predicted octanol–water partition coefficient (Wildman–Crippen LogP) is 3.01. The van der Waals surface area contributed by atoms with E-state index in [1.165, 1.54) is 16.4 Å². The molecule has 2 aromatic carbocycles. The summed E-state index contributed by atoms with van der Waals surface area (Å²) in [7, 11) is -4.04. The molecule has 2 aromatic rings. The van der Waals surface area contributed by atoms with Gasteiger partial charge in [0.05, 0.1) is 23.0 Å². The van der Waals surface area contributed by atoms with Gasteiger partial charge in [0.15, 0.2) is 0 Å². The predicted molar refractivity (Wildman–Crippen MR) is 115 cm³/mol. The van der Waals surface area contributed by atoms with Gasteiger partial charge in [-0.15, -0.1) is 0 Å². The summed E-state index contributed by atoms with van der Waals surface area (Å²) in [6, 6.07) is 8.92. The van der Waals surface area contributed by atoms with Crippen LogP contribution < -0.4 is 14.8 Å². The number of anilines is 1. The summed E-state index contributed by atoms with van der Waals surface area (Å²) in [6.07, 6.45) is -0.594. The van der Waals surface area contributed by atoms with Gasteiger partial charge in [0.25, 0.3) is 10.0 Å². The van der Waals surface area contributed by atoms with Gasteiger partial charge < -0.3 is 15.2 Å². The average Bonchev–Trinajstić information content (AvgIpc) is 2.66. The number of halogens is 1. The van der Waals surface area contributed by atoms with Gasteiger partial charge in [-0.3, -0.25) is 9.10 Å². The van der Waals surface area contributed by atoms with E-state index in [4.69, 9.17) is 15.2 Å². The number of ether oxygens (including phenoxy) is 2. The van der Waals surface area contributed by atoms with Crippen LogP contribution >= 0.6 is 0 Å². The van der Waals surface area contributed by atoms with E-state index in [0.29, 0.717) is 17.0 Å². The van der Waals surface area contributed by atoms with E-state index >= 15 is 0 Å². The van der Waals surface area contributed by atoms with Crippen molar-refractivity contribution in [3.63, 3.8) is 0 Å². The number of sulfonamides is 1. The number of hydrogen-bond donors (Lipinski definition) is 1. The number of carbonyl (C=O) groups excluding carboxylic acids is 1. The fraction of sp³-hybridized carbons (Fsp3) is 0.409. The van der Waals surface area contributed by atoms with Gasteiger partial charge >= 0.3 is 5.97 Å². The van der Waals surface area contributed by atoms with Crippen LogP contribution in [0.5, 0.6) is 5.75 Å². The maximum absolute atomic E-state index is 13.5. The topological polar surface area (TPSA) is 98.9 Å². The first-order valence-corrected chi connectivity index (χ1v) is 11.4. The summed E-state index contributed by atoms with van der Waals surface area (Å²) in [5, 5.41) is 0. The standard InChI is InChI=1S/C22H27FN2O5S/c1-14-20(13-24)29-19-10-5-15(12-21(26)30-22(2,3)4)11-18(19)25(14)31(27,28)17-8-6-16(23)7-9-17/h5-11,14,20H,12-13,24H2,1-4H3/t14-,20+/m0/s1. The van der Waals surface area contributed by atoms with Gasteiger partial charge in [-0.1, -0.05) is 6.07 Å². The largest absolute Gasteiger partial charge is 0.485 e. The molecule has 0 spiro atoms. The number of rotatable bonds is 5. The molecule has 0 bridgehead atoms. The van der Waals surface area contributed by atoms with E-state index < -0.39 is 39.6 Å². The van der Waals surface area contributed by atoms with Crippen LogP contribution in [0, 0.1) is 5.82 Å². The van der Waals surface area contributed by atoms with Gasteiger partial charge in [0, 0.05) is 6.54 Å². The molecule has 3 rings (SSSR count). The molecule has 0 radical (unpaired) electrons. The second-order valence-corrected chi connectivity index (χ2v) is 10.3. The van der Waals surface area contributed by atoms with Crippen molar-refractivity contribution in [3.8, 4) is 5.75 Å². The van der Waals surface area contributed by atoms with Crippen LogP contribution in [-0.2, 0) is 26.0 Å². The van der Waals surface area contributed by atoms with Gasteiger partial charge in [0.1, 0.15) is 23.3 Å². The van der Waals surface area contributed by atoms with Crippen molar-refractivity contribution in [1.82, 2.24) is 0 Å². The molecule has 1 heterocycles. The first-order chi connectivity index (χ1) is 14.4. The molecule has 0 unspecified atom stereocenters. The lowest BCUT2D eigenvalue weighted by Crippen LogP contribution is -2.53. The van der Waals surface area contributed by atoms with E-state index in [-0.39, 0.29) is 17.9 Å². The molecule has 31 heavy (non-hydrogen) atoms. The van der Waals surface area contributed by atoms with E-state index in [0.717, 1.165) is 12.1 Å². The number of esters is 1. The maximum atomic E-state index is 13.5. The molecule has 168 valence electrons. The van der Waals surface area contributed by atoms with E-state index in [9.17, 15) is 17.6 Å². The number of nitrogens with zero attached hydrogens (tertiary/aromatic N) is 1. The number of benzene rings is 2. The molecule has 0 fully saturated rings. The fourth-order valence-corrected chi connectivity index (χ4v) is 5.12. The summed E-state index contributed by atoms with van der Waals surface area (Å²) < 4.78 is 52.8. The minimum atomic E-state index is -4.04. The van der Waals surface area contributed by atoms with Crippen LogP contribution in [0.4, 0.5) is 10.1 Å². The van der Waals surface area contributed by atoms with E-state index in [1.54, 1.807) is 45.9 Å². The second-order valence-electron chi connectivity index (χ2n) is 8.45. The number of hydrogen-bond acceptors (Lipinski definition) is 6. The zero-order valence-electron chi connectivity index (χ0n) is 18.0. The minimum Gasteiger partial charge on any atom is -0.485 e. The van der Waals surface area contributed by atoms with Crippen molar-refractivity contribution in [2.45, 2.75) is 56.8 Å². The smallest absolute Gasteiger partial charge is 0.310 e. The zero-order valence-corrected chi connectivity index (χ0v) is 18.8. The van der Waals surface area contributed by atoms with Crippen LogP contribution in [0.15, 0.2) is 47.4 Å². The Morgan fingerprint density at radius 1 is 1.19 bits per heavy atom. The Morgan fingerprint density at radius 2 is 1.84 bits per heavy atom. The Labute approximate surface area is 182 Å². The Morgan fingerprint density at radius 3 is 2.42 bits per heavy atom. The average molecular weight is 451 g/mol.